The minimum Gasteiger partial charge on any atom is -0.469 e. The molecule has 1 aliphatic rings. The second-order valence-corrected chi connectivity index (χ2v) is 9.86. The van der Waals surface area contributed by atoms with E-state index >= 15 is 0 Å². The Morgan fingerprint density at radius 2 is 1.81 bits per heavy atom. The molecule has 0 bridgehead atoms. The average molecular weight is 444 g/mol. The molecule has 2 atom stereocenters. The third-order valence-electron chi connectivity index (χ3n) is 5.65. The van der Waals surface area contributed by atoms with Crippen LogP contribution in [0.15, 0.2) is 48.5 Å². The molecule has 0 fully saturated rings. The van der Waals surface area contributed by atoms with E-state index in [1.165, 1.54) is 7.11 Å². The maximum Gasteiger partial charge on any atom is 0.306 e. The Bertz CT molecular complexity index is 1030. The third-order valence-corrected chi connectivity index (χ3v) is 7.17. The van der Waals surface area contributed by atoms with Gasteiger partial charge in [0.25, 0.3) is 0 Å². The summed E-state index contributed by atoms with van der Waals surface area (Å²) in [5.74, 6) is -1.08. The van der Waals surface area contributed by atoms with Gasteiger partial charge in [-0.15, -0.1) is 0 Å². The molecule has 2 aromatic carbocycles. The van der Waals surface area contributed by atoms with Gasteiger partial charge in [0.15, 0.2) is 5.78 Å². The highest BCUT2D eigenvalue weighted by molar-refractivity contribution is 7.89. The zero-order chi connectivity index (χ0) is 22.4. The van der Waals surface area contributed by atoms with E-state index in [2.05, 4.69) is 4.72 Å². The van der Waals surface area contributed by atoms with Crippen molar-refractivity contribution in [2.24, 2.45) is 0 Å². The van der Waals surface area contributed by atoms with E-state index in [4.69, 9.17) is 4.74 Å². The Morgan fingerprint density at radius 1 is 1.10 bits per heavy atom. The number of carbonyl (C=O) groups is 2. The van der Waals surface area contributed by atoms with Crippen LogP contribution in [0.3, 0.4) is 0 Å². The summed E-state index contributed by atoms with van der Waals surface area (Å²) in [7, 11) is -1.99. The second kappa shape index (κ2) is 10.2. The number of sulfonamides is 1. The van der Waals surface area contributed by atoms with Gasteiger partial charge in [-0.2, -0.15) is 0 Å². The van der Waals surface area contributed by atoms with Crippen molar-refractivity contribution in [2.45, 2.75) is 51.0 Å². The van der Waals surface area contributed by atoms with Crippen LogP contribution in [0.2, 0.25) is 0 Å². The molecule has 0 heterocycles. The first-order valence-corrected chi connectivity index (χ1v) is 12.3. The highest BCUT2D eigenvalue weighted by Crippen LogP contribution is 2.29. The van der Waals surface area contributed by atoms with Crippen LogP contribution in [-0.4, -0.2) is 39.1 Å². The monoisotopic (exact) mass is 443 g/mol. The number of methoxy groups -OCH3 is 1. The number of esters is 1. The molecule has 31 heavy (non-hydrogen) atoms. The molecular formula is C24H29NO5S. The fourth-order valence-corrected chi connectivity index (χ4v) is 5.46. The maximum atomic E-state index is 13.3. The molecule has 6 nitrogen and oxygen atoms in total. The van der Waals surface area contributed by atoms with Crippen LogP contribution in [0.5, 0.6) is 0 Å². The van der Waals surface area contributed by atoms with Crippen molar-refractivity contribution in [3.63, 3.8) is 0 Å². The molecule has 2 unspecified atom stereocenters. The van der Waals surface area contributed by atoms with Crippen LogP contribution < -0.4 is 4.72 Å². The summed E-state index contributed by atoms with van der Waals surface area (Å²) in [5.41, 5.74) is 3.30. The van der Waals surface area contributed by atoms with Gasteiger partial charge in [-0.3, -0.25) is 9.59 Å². The number of hydrogen-bond acceptors (Lipinski definition) is 5. The summed E-state index contributed by atoms with van der Waals surface area (Å²) in [6.45, 7) is 1.96. The SMILES string of the molecule is CCCCS(=O)(=O)NC1Cc2ccc(C(=O)C(CC(=O)OC)c3ccccc3)cc2C1. The van der Waals surface area contributed by atoms with Crippen LogP contribution in [-0.2, 0) is 32.4 Å². The zero-order valence-electron chi connectivity index (χ0n) is 18.0. The molecule has 1 aliphatic carbocycles. The standard InChI is InChI=1S/C24H29NO5S/c1-3-4-12-31(28,29)25-21-14-18-10-11-19(13-20(18)15-21)24(27)22(16-23(26)30-2)17-8-6-5-7-9-17/h5-11,13,21-22,25H,3-4,12,14-16H2,1-2H3. The smallest absolute Gasteiger partial charge is 0.306 e. The van der Waals surface area contributed by atoms with E-state index in [1.54, 1.807) is 6.07 Å². The first kappa shape index (κ1) is 23.2. The molecule has 7 heteroatoms. The van der Waals surface area contributed by atoms with Crippen molar-refractivity contribution in [1.29, 1.82) is 0 Å². The summed E-state index contributed by atoms with van der Waals surface area (Å²) in [6, 6.07) is 14.5. The number of hydrogen-bond donors (Lipinski definition) is 1. The number of nitrogens with one attached hydrogen (secondary N) is 1. The highest BCUT2D eigenvalue weighted by atomic mass is 32.2. The maximum absolute atomic E-state index is 13.3. The van der Waals surface area contributed by atoms with Gasteiger partial charge in [-0.1, -0.05) is 55.8 Å². The van der Waals surface area contributed by atoms with Gasteiger partial charge >= 0.3 is 5.97 Å². The van der Waals surface area contributed by atoms with Crippen molar-refractivity contribution < 1.29 is 22.7 Å². The van der Waals surface area contributed by atoms with Crippen molar-refractivity contribution in [2.75, 3.05) is 12.9 Å². The van der Waals surface area contributed by atoms with E-state index in [9.17, 15) is 18.0 Å². The molecule has 0 saturated carbocycles. The first-order valence-electron chi connectivity index (χ1n) is 10.6. The molecular weight excluding hydrogens is 414 g/mol. The van der Waals surface area contributed by atoms with E-state index in [0.717, 1.165) is 23.1 Å². The molecule has 0 amide bonds. The Kier molecular flexibility index (Phi) is 7.62. The first-order chi connectivity index (χ1) is 14.8. The van der Waals surface area contributed by atoms with E-state index in [0.29, 0.717) is 24.8 Å². The van der Waals surface area contributed by atoms with Gasteiger partial charge in [-0.25, -0.2) is 13.1 Å². The number of fused-ring (bicyclic) bond motifs is 1. The molecule has 2 aromatic rings. The lowest BCUT2D eigenvalue weighted by atomic mass is 9.87. The van der Waals surface area contributed by atoms with E-state index in [-0.39, 0.29) is 24.0 Å². The molecule has 166 valence electrons. The number of rotatable bonds is 10. The fourth-order valence-electron chi connectivity index (χ4n) is 4.00. The van der Waals surface area contributed by atoms with Crippen LogP contribution >= 0.6 is 0 Å². The van der Waals surface area contributed by atoms with Crippen LogP contribution in [0.1, 0.15) is 59.2 Å². The van der Waals surface area contributed by atoms with Gasteiger partial charge in [0, 0.05) is 11.6 Å². The van der Waals surface area contributed by atoms with Crippen molar-refractivity contribution in [3.05, 3.63) is 70.8 Å². The topological polar surface area (TPSA) is 89.5 Å². The molecule has 0 radical (unpaired) electrons. The highest BCUT2D eigenvalue weighted by Gasteiger charge is 2.29. The molecule has 0 spiro atoms. The summed E-state index contributed by atoms with van der Waals surface area (Å²) in [5, 5.41) is 0. The van der Waals surface area contributed by atoms with E-state index in [1.807, 2.05) is 49.4 Å². The lowest BCUT2D eigenvalue weighted by molar-refractivity contribution is -0.140. The Morgan fingerprint density at radius 3 is 2.48 bits per heavy atom. The lowest BCUT2D eigenvalue weighted by Crippen LogP contribution is -2.36. The van der Waals surface area contributed by atoms with Crippen LogP contribution in [0.25, 0.3) is 0 Å². The number of unbranched alkanes of at least 4 members (excludes halogenated alkanes) is 1. The summed E-state index contributed by atoms with van der Waals surface area (Å²) in [4.78, 5) is 25.2. The van der Waals surface area contributed by atoms with Gasteiger partial charge in [-0.05, 0) is 42.0 Å². The predicted octanol–water partition coefficient (Wildman–Crippen LogP) is 3.40. The van der Waals surface area contributed by atoms with Crippen molar-refractivity contribution in [3.8, 4) is 0 Å². The Balaban J connectivity index is 1.78. The summed E-state index contributed by atoms with van der Waals surface area (Å²) < 4.78 is 32.1. The normalized spacial score (nSPS) is 16.5. The third kappa shape index (κ3) is 6.02. The van der Waals surface area contributed by atoms with Gasteiger partial charge < -0.3 is 4.74 Å². The van der Waals surface area contributed by atoms with Gasteiger partial charge in [0.1, 0.15) is 0 Å². The van der Waals surface area contributed by atoms with Crippen LogP contribution in [0.4, 0.5) is 0 Å². The fraction of sp³-hybridized carbons (Fsp3) is 0.417. The van der Waals surface area contributed by atoms with Gasteiger partial charge in [0.05, 0.1) is 25.2 Å². The molecule has 0 saturated heterocycles. The second-order valence-electron chi connectivity index (χ2n) is 7.99. The molecule has 3 rings (SSSR count). The van der Waals surface area contributed by atoms with Crippen molar-refractivity contribution in [1.82, 2.24) is 4.72 Å². The average Bonchev–Trinajstić information content (AvgIpc) is 3.16. The Labute approximate surface area is 184 Å². The number of ketones is 1. The Hall–Kier alpha value is -2.51. The number of benzene rings is 2. The van der Waals surface area contributed by atoms with E-state index < -0.39 is 21.9 Å². The largest absolute Gasteiger partial charge is 0.469 e. The minimum absolute atomic E-state index is 0.0315. The quantitative estimate of drug-likeness (QED) is 0.449. The zero-order valence-corrected chi connectivity index (χ0v) is 18.8. The van der Waals surface area contributed by atoms with Crippen molar-refractivity contribution >= 4 is 21.8 Å². The molecule has 0 aromatic heterocycles. The minimum atomic E-state index is -3.31. The van der Waals surface area contributed by atoms with Gasteiger partial charge in [0.2, 0.25) is 10.0 Å². The predicted molar refractivity (Wildman–Crippen MR) is 120 cm³/mol. The molecule has 1 N–H and O–H groups in total. The lowest BCUT2D eigenvalue weighted by Gasteiger charge is -2.16. The number of carbonyl (C=O) groups excluding carboxylic acids is 2. The molecule has 0 aliphatic heterocycles. The number of Topliss-reactive ketones (excluding diaryl/α,β-unsaturated/α-hetero) is 1. The number of ether oxygens (including phenoxy) is 1. The summed E-state index contributed by atoms with van der Waals surface area (Å²) in [6.07, 6.45) is 2.59. The summed E-state index contributed by atoms with van der Waals surface area (Å²) >= 11 is 0. The van der Waals surface area contributed by atoms with Crippen LogP contribution in [0, 0.1) is 0 Å².